The summed E-state index contributed by atoms with van der Waals surface area (Å²) in [4.78, 5) is 28.1. The van der Waals surface area contributed by atoms with Crippen LogP contribution in [0.2, 0.25) is 0 Å². The first-order valence-electron chi connectivity index (χ1n) is 14.9. The summed E-state index contributed by atoms with van der Waals surface area (Å²) in [5, 5.41) is 11.9. The van der Waals surface area contributed by atoms with Crippen LogP contribution in [0.3, 0.4) is 0 Å². The second kappa shape index (κ2) is 11.3. The summed E-state index contributed by atoms with van der Waals surface area (Å²) in [6.07, 6.45) is 21.5. The molecule has 4 aliphatic rings. The fraction of sp³-hybridized carbons (Fsp3) is 0.656. The molecule has 0 spiro atoms. The number of carbonyl (C=O) groups is 2. The van der Waals surface area contributed by atoms with Gasteiger partial charge in [0.1, 0.15) is 0 Å². The number of nitrogens with zero attached hydrogens (tertiary/aromatic N) is 1. The lowest BCUT2D eigenvalue weighted by Crippen LogP contribution is -2.51. The van der Waals surface area contributed by atoms with Gasteiger partial charge in [0.25, 0.3) is 0 Å². The average molecular weight is 520 g/mol. The lowest BCUT2D eigenvalue weighted by molar-refractivity contribution is -0.129. The molecule has 1 aromatic heterocycles. The van der Waals surface area contributed by atoms with Crippen LogP contribution in [0.15, 0.2) is 42.3 Å². The van der Waals surface area contributed by atoms with Crippen molar-refractivity contribution in [1.82, 2.24) is 15.8 Å². The molecule has 2 saturated carbocycles. The number of hydrogen-bond donors (Lipinski definition) is 3. The van der Waals surface area contributed by atoms with E-state index in [1.54, 1.807) is 11.1 Å². The fourth-order valence-electron chi connectivity index (χ4n) is 8.60. The van der Waals surface area contributed by atoms with Crippen molar-refractivity contribution in [2.24, 2.45) is 28.6 Å². The number of carbonyl (C=O) groups excluding carboxylic acids is 2. The van der Waals surface area contributed by atoms with Crippen LogP contribution in [-0.2, 0) is 9.59 Å². The van der Waals surface area contributed by atoms with E-state index >= 15 is 0 Å². The molecule has 0 unspecified atom stereocenters. The minimum absolute atomic E-state index is 0.161. The van der Waals surface area contributed by atoms with Crippen molar-refractivity contribution in [1.29, 1.82) is 0 Å². The Bertz CT molecular complexity index is 1080. The Morgan fingerprint density at radius 1 is 0.974 bits per heavy atom. The van der Waals surface area contributed by atoms with Crippen LogP contribution in [-0.4, -0.2) is 28.0 Å². The Morgan fingerprint density at radius 3 is 2.47 bits per heavy atom. The van der Waals surface area contributed by atoms with Crippen molar-refractivity contribution in [2.75, 3.05) is 0 Å². The summed E-state index contributed by atoms with van der Waals surface area (Å²) < 4.78 is 0. The smallest absolute Gasteiger partial charge is 0.243 e. The van der Waals surface area contributed by atoms with Gasteiger partial charge in [-0.1, -0.05) is 50.5 Å². The summed E-state index contributed by atoms with van der Waals surface area (Å²) >= 11 is 0. The average Bonchev–Trinajstić information content (AvgIpc) is 3.28. The Morgan fingerprint density at radius 2 is 1.74 bits per heavy atom. The van der Waals surface area contributed by atoms with Gasteiger partial charge in [-0.25, -0.2) is 5.48 Å². The van der Waals surface area contributed by atoms with Gasteiger partial charge in [0.15, 0.2) is 0 Å². The van der Waals surface area contributed by atoms with Gasteiger partial charge in [-0.05, 0) is 104 Å². The van der Waals surface area contributed by atoms with Crippen LogP contribution in [0, 0.1) is 28.6 Å². The Kier molecular flexibility index (Phi) is 8.08. The molecule has 0 aromatic carbocycles. The van der Waals surface area contributed by atoms with E-state index in [-0.39, 0.29) is 28.7 Å². The van der Waals surface area contributed by atoms with E-state index in [0.29, 0.717) is 18.8 Å². The van der Waals surface area contributed by atoms with E-state index in [1.165, 1.54) is 43.2 Å². The zero-order chi connectivity index (χ0) is 26.8. The number of hydrogen-bond acceptors (Lipinski definition) is 4. The molecule has 6 heteroatoms. The SMILES string of the molecule is C[C@]12CC[C@H](NC(=O)CCCCCCC(=O)NO)CC1=CC[C@@H]1[C@@H]2CC[C@]2(C)C(c3cccnc3)=CC[C@@H]12. The minimum atomic E-state index is -0.341. The highest BCUT2D eigenvalue weighted by Gasteiger charge is 2.56. The maximum Gasteiger partial charge on any atom is 0.243 e. The zero-order valence-corrected chi connectivity index (χ0v) is 23.2. The van der Waals surface area contributed by atoms with E-state index in [1.807, 2.05) is 12.4 Å². The molecule has 2 fully saturated rings. The molecule has 206 valence electrons. The molecule has 1 heterocycles. The number of amides is 2. The lowest BCUT2D eigenvalue weighted by atomic mass is 9.47. The number of unbranched alkanes of at least 4 members (excludes halogenated alkanes) is 3. The normalized spacial score (nSPS) is 33.8. The standard InChI is InChI=1S/C32H45N3O3/c1-31-17-15-24(34-29(36)9-5-3-4-6-10-30(37)35-38)20-23(31)11-12-25-27-14-13-26(22-8-7-19-33-21-22)32(27,2)18-16-28(25)31/h7-8,11,13,19,21,24-25,27-28,38H,3-6,9-10,12,14-18,20H2,1-2H3,(H,34,36)(H,35,37)/t24-,25-,27-,28-,31-,32+/m0/s1. The summed E-state index contributed by atoms with van der Waals surface area (Å²) in [6, 6.07) is 4.55. The highest BCUT2D eigenvalue weighted by atomic mass is 16.5. The van der Waals surface area contributed by atoms with E-state index in [4.69, 9.17) is 5.21 Å². The molecule has 0 saturated heterocycles. The zero-order valence-electron chi connectivity index (χ0n) is 23.2. The van der Waals surface area contributed by atoms with Crippen LogP contribution in [0.4, 0.5) is 0 Å². The third-order valence-electron chi connectivity index (χ3n) is 10.7. The molecule has 38 heavy (non-hydrogen) atoms. The molecule has 4 aliphatic carbocycles. The van der Waals surface area contributed by atoms with Crippen LogP contribution in [0.25, 0.3) is 5.57 Å². The van der Waals surface area contributed by atoms with Crippen molar-refractivity contribution in [3.63, 3.8) is 0 Å². The molecule has 5 rings (SSSR count). The number of fused-ring (bicyclic) bond motifs is 5. The van der Waals surface area contributed by atoms with Gasteiger partial charge in [-0.2, -0.15) is 0 Å². The van der Waals surface area contributed by atoms with Crippen LogP contribution >= 0.6 is 0 Å². The van der Waals surface area contributed by atoms with Gasteiger partial charge in [0.05, 0.1) is 0 Å². The van der Waals surface area contributed by atoms with E-state index < -0.39 is 0 Å². The van der Waals surface area contributed by atoms with Crippen LogP contribution in [0.1, 0.15) is 103 Å². The monoisotopic (exact) mass is 519 g/mol. The fourth-order valence-corrected chi connectivity index (χ4v) is 8.60. The van der Waals surface area contributed by atoms with Crippen LogP contribution < -0.4 is 10.8 Å². The lowest BCUT2D eigenvalue weighted by Gasteiger charge is -2.58. The summed E-state index contributed by atoms with van der Waals surface area (Å²) in [5.41, 5.74) is 6.61. The predicted molar refractivity (Wildman–Crippen MR) is 149 cm³/mol. The van der Waals surface area contributed by atoms with E-state index in [9.17, 15) is 9.59 Å². The van der Waals surface area contributed by atoms with Crippen molar-refractivity contribution >= 4 is 17.4 Å². The first-order valence-corrected chi connectivity index (χ1v) is 14.9. The van der Waals surface area contributed by atoms with Crippen molar-refractivity contribution < 1.29 is 14.8 Å². The third kappa shape index (κ3) is 5.21. The van der Waals surface area contributed by atoms with Gasteiger partial charge in [0, 0.05) is 31.3 Å². The Balaban J connectivity index is 1.15. The van der Waals surface area contributed by atoms with Crippen LogP contribution in [0.5, 0.6) is 0 Å². The van der Waals surface area contributed by atoms with E-state index in [0.717, 1.165) is 50.4 Å². The minimum Gasteiger partial charge on any atom is -0.353 e. The molecule has 1 aromatic rings. The molecule has 0 aliphatic heterocycles. The van der Waals surface area contributed by atoms with Gasteiger partial charge < -0.3 is 5.32 Å². The predicted octanol–water partition coefficient (Wildman–Crippen LogP) is 6.37. The number of hydroxylamine groups is 1. The maximum absolute atomic E-state index is 12.6. The Hall–Kier alpha value is -2.47. The number of rotatable bonds is 9. The molecular formula is C32H45N3O3. The number of allylic oxidation sites excluding steroid dienone is 3. The third-order valence-corrected chi connectivity index (χ3v) is 10.7. The highest BCUT2D eigenvalue weighted by Crippen LogP contribution is 2.66. The number of nitrogens with one attached hydrogen (secondary N) is 2. The summed E-state index contributed by atoms with van der Waals surface area (Å²) in [6.45, 7) is 5.04. The summed E-state index contributed by atoms with van der Waals surface area (Å²) in [7, 11) is 0. The molecule has 6 nitrogen and oxygen atoms in total. The van der Waals surface area contributed by atoms with Gasteiger partial charge >= 0.3 is 0 Å². The van der Waals surface area contributed by atoms with Gasteiger partial charge in [-0.3, -0.25) is 19.8 Å². The number of pyridine rings is 1. The van der Waals surface area contributed by atoms with Crippen molar-refractivity contribution in [2.45, 2.75) is 103 Å². The number of aromatic nitrogens is 1. The molecule has 2 amide bonds. The topological polar surface area (TPSA) is 91.3 Å². The molecule has 0 radical (unpaired) electrons. The molecule has 6 atom stereocenters. The van der Waals surface area contributed by atoms with Gasteiger partial charge in [-0.15, -0.1) is 0 Å². The quantitative estimate of drug-likeness (QED) is 0.153. The highest BCUT2D eigenvalue weighted by molar-refractivity contribution is 5.76. The first kappa shape index (κ1) is 27.1. The first-order chi connectivity index (χ1) is 18.3. The van der Waals surface area contributed by atoms with Crippen molar-refractivity contribution in [3.8, 4) is 0 Å². The molecule has 3 N–H and O–H groups in total. The molecular weight excluding hydrogens is 474 g/mol. The maximum atomic E-state index is 12.6. The van der Waals surface area contributed by atoms with Crippen molar-refractivity contribution in [3.05, 3.63) is 47.8 Å². The van der Waals surface area contributed by atoms with Gasteiger partial charge in [0.2, 0.25) is 11.8 Å². The molecule has 0 bridgehead atoms. The summed E-state index contributed by atoms with van der Waals surface area (Å²) in [5.74, 6) is 2.01. The second-order valence-electron chi connectivity index (χ2n) is 12.8. The van der Waals surface area contributed by atoms with E-state index in [2.05, 4.69) is 48.4 Å². The Labute approximate surface area is 227 Å². The second-order valence-corrected chi connectivity index (χ2v) is 12.8. The largest absolute Gasteiger partial charge is 0.353 e.